The van der Waals surface area contributed by atoms with Crippen molar-refractivity contribution in [2.24, 2.45) is 0 Å². The highest BCUT2D eigenvalue weighted by atomic mass is 16.5. The Labute approximate surface area is 137 Å². The molecule has 1 aliphatic heterocycles. The van der Waals surface area contributed by atoms with Gasteiger partial charge in [-0.2, -0.15) is 0 Å². The average molecular weight is 313 g/mol. The second-order valence-corrected chi connectivity index (χ2v) is 5.64. The lowest BCUT2D eigenvalue weighted by atomic mass is 10.2. The van der Waals surface area contributed by atoms with Gasteiger partial charge >= 0.3 is 0 Å². The van der Waals surface area contributed by atoms with Crippen LogP contribution in [-0.2, 0) is 6.54 Å². The molecule has 0 unspecified atom stereocenters. The topological polar surface area (TPSA) is 37.8 Å². The van der Waals surface area contributed by atoms with Crippen molar-refractivity contribution >= 4 is 5.69 Å². The lowest BCUT2D eigenvalue weighted by Crippen LogP contribution is -2.46. The third kappa shape index (κ3) is 3.74. The van der Waals surface area contributed by atoms with Gasteiger partial charge in [0.05, 0.1) is 19.9 Å². The molecule has 0 saturated carbocycles. The summed E-state index contributed by atoms with van der Waals surface area (Å²) in [5, 5.41) is 0. The van der Waals surface area contributed by atoms with E-state index in [4.69, 9.17) is 9.47 Å². The van der Waals surface area contributed by atoms with Gasteiger partial charge in [0.25, 0.3) is 0 Å². The maximum atomic E-state index is 5.47. The van der Waals surface area contributed by atoms with Gasteiger partial charge in [0.15, 0.2) is 0 Å². The SMILES string of the molecule is COc1cc(CN2CCN(c3ccccc3OC)CC2)ccn1. The first kappa shape index (κ1) is 15.6. The van der Waals surface area contributed by atoms with E-state index in [1.54, 1.807) is 20.4 Å². The van der Waals surface area contributed by atoms with E-state index in [9.17, 15) is 0 Å². The van der Waals surface area contributed by atoms with Crippen LogP contribution in [0.1, 0.15) is 5.56 Å². The number of benzene rings is 1. The summed E-state index contributed by atoms with van der Waals surface area (Å²) in [6, 6.07) is 12.3. The fourth-order valence-corrected chi connectivity index (χ4v) is 2.96. The van der Waals surface area contributed by atoms with Crippen LogP contribution in [-0.4, -0.2) is 50.3 Å². The fraction of sp³-hybridized carbons (Fsp3) is 0.389. The molecule has 0 bridgehead atoms. The molecule has 0 aliphatic carbocycles. The number of pyridine rings is 1. The number of anilines is 1. The monoisotopic (exact) mass is 313 g/mol. The minimum atomic E-state index is 0.676. The molecule has 1 aromatic carbocycles. The maximum Gasteiger partial charge on any atom is 0.213 e. The third-order valence-corrected chi connectivity index (χ3v) is 4.21. The van der Waals surface area contributed by atoms with E-state index in [1.807, 2.05) is 18.2 Å². The first-order chi connectivity index (χ1) is 11.3. The minimum Gasteiger partial charge on any atom is -0.495 e. The smallest absolute Gasteiger partial charge is 0.213 e. The Hall–Kier alpha value is -2.27. The van der Waals surface area contributed by atoms with Crippen molar-refractivity contribution in [1.29, 1.82) is 0 Å². The Kier molecular flexibility index (Phi) is 4.98. The summed E-state index contributed by atoms with van der Waals surface area (Å²) < 4.78 is 10.7. The van der Waals surface area contributed by atoms with E-state index in [2.05, 4.69) is 33.0 Å². The number of methoxy groups -OCH3 is 2. The molecular weight excluding hydrogens is 290 g/mol. The van der Waals surface area contributed by atoms with E-state index >= 15 is 0 Å². The predicted molar refractivity (Wildman–Crippen MR) is 91.3 cm³/mol. The van der Waals surface area contributed by atoms with Crippen LogP contribution >= 0.6 is 0 Å². The second-order valence-electron chi connectivity index (χ2n) is 5.64. The molecule has 0 N–H and O–H groups in total. The van der Waals surface area contributed by atoms with Crippen molar-refractivity contribution in [1.82, 2.24) is 9.88 Å². The summed E-state index contributed by atoms with van der Waals surface area (Å²) >= 11 is 0. The van der Waals surface area contributed by atoms with E-state index in [-0.39, 0.29) is 0 Å². The Morgan fingerprint density at radius 1 is 1.00 bits per heavy atom. The standard InChI is InChI=1S/C18H23N3O2/c1-22-17-6-4-3-5-16(17)21-11-9-20(10-12-21)14-15-7-8-19-18(13-15)23-2/h3-8,13H,9-12,14H2,1-2H3. The predicted octanol–water partition coefficient (Wildman–Crippen LogP) is 2.42. The highest BCUT2D eigenvalue weighted by Gasteiger charge is 2.19. The number of ether oxygens (including phenoxy) is 2. The van der Waals surface area contributed by atoms with Gasteiger partial charge in [0.1, 0.15) is 5.75 Å². The van der Waals surface area contributed by atoms with Crippen LogP contribution in [0.25, 0.3) is 0 Å². The minimum absolute atomic E-state index is 0.676. The maximum absolute atomic E-state index is 5.47. The summed E-state index contributed by atoms with van der Waals surface area (Å²) in [5.74, 6) is 1.62. The first-order valence-corrected chi connectivity index (χ1v) is 7.89. The van der Waals surface area contributed by atoms with E-state index in [0.29, 0.717) is 5.88 Å². The van der Waals surface area contributed by atoms with Crippen LogP contribution < -0.4 is 14.4 Å². The molecule has 0 amide bonds. The normalized spacial score (nSPS) is 15.5. The van der Waals surface area contributed by atoms with Gasteiger partial charge in [-0.25, -0.2) is 4.98 Å². The summed E-state index contributed by atoms with van der Waals surface area (Å²) in [6.45, 7) is 5.00. The summed E-state index contributed by atoms with van der Waals surface area (Å²) in [4.78, 5) is 9.01. The van der Waals surface area contributed by atoms with Gasteiger partial charge in [0.2, 0.25) is 5.88 Å². The van der Waals surface area contributed by atoms with Gasteiger partial charge in [0, 0.05) is 45.0 Å². The van der Waals surface area contributed by atoms with Crippen LogP contribution in [0, 0.1) is 0 Å². The summed E-state index contributed by atoms with van der Waals surface area (Å²) in [5.41, 5.74) is 2.42. The van der Waals surface area contributed by atoms with Crippen molar-refractivity contribution in [3.05, 3.63) is 48.2 Å². The molecule has 0 atom stereocenters. The Morgan fingerprint density at radius 2 is 1.78 bits per heavy atom. The highest BCUT2D eigenvalue weighted by Crippen LogP contribution is 2.28. The van der Waals surface area contributed by atoms with Crippen molar-refractivity contribution in [2.45, 2.75) is 6.54 Å². The van der Waals surface area contributed by atoms with E-state index in [1.165, 1.54) is 11.3 Å². The first-order valence-electron chi connectivity index (χ1n) is 7.89. The lowest BCUT2D eigenvalue weighted by Gasteiger charge is -2.36. The molecule has 1 fully saturated rings. The Balaban J connectivity index is 1.60. The van der Waals surface area contributed by atoms with Gasteiger partial charge in [-0.15, -0.1) is 0 Å². The number of aromatic nitrogens is 1. The van der Waals surface area contributed by atoms with Gasteiger partial charge in [-0.05, 0) is 23.8 Å². The van der Waals surface area contributed by atoms with Crippen LogP contribution in [0.4, 0.5) is 5.69 Å². The van der Waals surface area contributed by atoms with Crippen molar-refractivity contribution in [2.75, 3.05) is 45.3 Å². The molecular formula is C18H23N3O2. The number of para-hydroxylation sites is 2. The van der Waals surface area contributed by atoms with Crippen molar-refractivity contribution in [3.63, 3.8) is 0 Å². The number of hydrogen-bond donors (Lipinski definition) is 0. The molecule has 1 aliphatic rings. The van der Waals surface area contributed by atoms with Crippen LogP contribution in [0.5, 0.6) is 11.6 Å². The zero-order chi connectivity index (χ0) is 16.1. The van der Waals surface area contributed by atoms with Crippen molar-refractivity contribution in [3.8, 4) is 11.6 Å². The quantitative estimate of drug-likeness (QED) is 0.847. The number of hydrogen-bond acceptors (Lipinski definition) is 5. The number of nitrogens with zero attached hydrogens (tertiary/aromatic N) is 3. The third-order valence-electron chi connectivity index (χ3n) is 4.21. The number of rotatable bonds is 5. The molecule has 2 aromatic rings. The molecule has 5 nitrogen and oxygen atoms in total. The number of piperazine rings is 1. The van der Waals surface area contributed by atoms with E-state index < -0.39 is 0 Å². The van der Waals surface area contributed by atoms with Gasteiger partial charge < -0.3 is 14.4 Å². The van der Waals surface area contributed by atoms with Gasteiger partial charge in [-0.3, -0.25) is 4.90 Å². The summed E-state index contributed by atoms with van der Waals surface area (Å²) in [6.07, 6.45) is 1.80. The van der Waals surface area contributed by atoms with Gasteiger partial charge in [-0.1, -0.05) is 12.1 Å². The van der Waals surface area contributed by atoms with Crippen LogP contribution in [0.3, 0.4) is 0 Å². The summed E-state index contributed by atoms with van der Waals surface area (Å²) in [7, 11) is 3.38. The molecule has 5 heteroatoms. The molecule has 0 spiro atoms. The Morgan fingerprint density at radius 3 is 2.52 bits per heavy atom. The second kappa shape index (κ2) is 7.33. The zero-order valence-corrected chi connectivity index (χ0v) is 13.7. The molecule has 1 saturated heterocycles. The Bertz CT molecular complexity index is 640. The molecule has 122 valence electrons. The van der Waals surface area contributed by atoms with Crippen LogP contribution in [0.15, 0.2) is 42.6 Å². The molecule has 0 radical (unpaired) electrons. The molecule has 23 heavy (non-hydrogen) atoms. The largest absolute Gasteiger partial charge is 0.495 e. The highest BCUT2D eigenvalue weighted by molar-refractivity contribution is 5.58. The van der Waals surface area contributed by atoms with E-state index in [0.717, 1.165) is 38.5 Å². The zero-order valence-electron chi connectivity index (χ0n) is 13.7. The van der Waals surface area contributed by atoms with Crippen LogP contribution in [0.2, 0.25) is 0 Å². The molecule has 1 aromatic heterocycles. The molecule has 2 heterocycles. The average Bonchev–Trinajstić information content (AvgIpc) is 2.62. The van der Waals surface area contributed by atoms with Crippen molar-refractivity contribution < 1.29 is 9.47 Å². The molecule has 3 rings (SSSR count). The fourth-order valence-electron chi connectivity index (χ4n) is 2.96. The lowest BCUT2D eigenvalue weighted by molar-refractivity contribution is 0.248.